The standard InChI is InChI=1S/C17H35NO/c1-5-17(6-2,14-18-13-15(3)4)11-7-9-16-10-8-12-19-16/h15-16,18H,5-14H2,1-4H3. The van der Waals surface area contributed by atoms with Crippen molar-refractivity contribution in [3.63, 3.8) is 0 Å². The molecule has 0 spiro atoms. The van der Waals surface area contributed by atoms with Crippen LogP contribution < -0.4 is 5.32 Å². The lowest BCUT2D eigenvalue weighted by Gasteiger charge is -2.33. The molecule has 1 aliphatic heterocycles. The van der Waals surface area contributed by atoms with Gasteiger partial charge in [0.2, 0.25) is 0 Å². The van der Waals surface area contributed by atoms with E-state index < -0.39 is 0 Å². The van der Waals surface area contributed by atoms with Gasteiger partial charge >= 0.3 is 0 Å². The van der Waals surface area contributed by atoms with E-state index in [1.165, 1.54) is 51.5 Å². The summed E-state index contributed by atoms with van der Waals surface area (Å²) in [5.74, 6) is 0.748. The van der Waals surface area contributed by atoms with Crippen molar-refractivity contribution in [1.29, 1.82) is 0 Å². The van der Waals surface area contributed by atoms with Crippen LogP contribution in [0, 0.1) is 11.3 Å². The van der Waals surface area contributed by atoms with Gasteiger partial charge in [-0.1, -0.05) is 34.1 Å². The lowest BCUT2D eigenvalue weighted by Crippen LogP contribution is -2.35. The van der Waals surface area contributed by atoms with Crippen LogP contribution in [0.5, 0.6) is 0 Å². The van der Waals surface area contributed by atoms with Gasteiger partial charge in [-0.25, -0.2) is 0 Å². The molecule has 0 aliphatic carbocycles. The van der Waals surface area contributed by atoms with Gasteiger partial charge in [0.25, 0.3) is 0 Å². The Hall–Kier alpha value is -0.0800. The van der Waals surface area contributed by atoms with E-state index in [1.54, 1.807) is 0 Å². The predicted octanol–water partition coefficient (Wildman–Crippen LogP) is 4.39. The van der Waals surface area contributed by atoms with Gasteiger partial charge in [-0.3, -0.25) is 0 Å². The highest BCUT2D eigenvalue weighted by Gasteiger charge is 2.26. The smallest absolute Gasteiger partial charge is 0.0576 e. The highest BCUT2D eigenvalue weighted by atomic mass is 16.5. The van der Waals surface area contributed by atoms with Crippen molar-refractivity contribution in [2.45, 2.75) is 78.7 Å². The van der Waals surface area contributed by atoms with Crippen LogP contribution in [0.25, 0.3) is 0 Å². The molecule has 1 saturated heterocycles. The maximum absolute atomic E-state index is 5.73. The van der Waals surface area contributed by atoms with Crippen LogP contribution in [0.1, 0.15) is 72.6 Å². The van der Waals surface area contributed by atoms with Gasteiger partial charge in [0, 0.05) is 13.2 Å². The number of ether oxygens (including phenoxy) is 1. The van der Waals surface area contributed by atoms with E-state index in [9.17, 15) is 0 Å². The van der Waals surface area contributed by atoms with E-state index in [1.807, 2.05) is 0 Å². The second-order valence-electron chi connectivity index (χ2n) is 6.76. The Balaban J connectivity index is 2.28. The quantitative estimate of drug-likeness (QED) is 0.635. The first-order chi connectivity index (χ1) is 9.12. The van der Waals surface area contributed by atoms with Crippen LogP contribution in [0.2, 0.25) is 0 Å². The van der Waals surface area contributed by atoms with Crippen LogP contribution in [-0.2, 0) is 4.74 Å². The average Bonchev–Trinajstić information content (AvgIpc) is 2.90. The Morgan fingerprint density at radius 3 is 2.53 bits per heavy atom. The first-order valence-electron chi connectivity index (χ1n) is 8.44. The van der Waals surface area contributed by atoms with E-state index in [4.69, 9.17) is 4.74 Å². The molecule has 114 valence electrons. The zero-order valence-corrected chi connectivity index (χ0v) is 13.6. The van der Waals surface area contributed by atoms with Crippen LogP contribution in [-0.4, -0.2) is 25.8 Å². The number of rotatable bonds is 10. The molecule has 0 bridgehead atoms. The third-order valence-corrected chi connectivity index (χ3v) is 4.81. The van der Waals surface area contributed by atoms with E-state index in [2.05, 4.69) is 33.0 Å². The second-order valence-corrected chi connectivity index (χ2v) is 6.76. The molecule has 1 unspecified atom stereocenters. The summed E-state index contributed by atoms with van der Waals surface area (Å²) < 4.78 is 5.73. The molecular formula is C17H35NO. The van der Waals surface area contributed by atoms with Crippen molar-refractivity contribution >= 4 is 0 Å². The maximum Gasteiger partial charge on any atom is 0.0576 e. The lowest BCUT2D eigenvalue weighted by molar-refractivity contribution is 0.0960. The Morgan fingerprint density at radius 2 is 2.00 bits per heavy atom. The molecule has 1 N–H and O–H groups in total. The van der Waals surface area contributed by atoms with Crippen molar-refractivity contribution in [1.82, 2.24) is 5.32 Å². The third kappa shape index (κ3) is 6.27. The molecule has 1 aliphatic rings. The van der Waals surface area contributed by atoms with Crippen molar-refractivity contribution in [2.24, 2.45) is 11.3 Å². The SMILES string of the molecule is CCC(CC)(CCCC1CCCO1)CNCC(C)C. The Kier molecular flexibility index (Phi) is 8.01. The summed E-state index contributed by atoms with van der Waals surface area (Å²) in [5.41, 5.74) is 0.507. The molecule has 1 heterocycles. The first kappa shape index (κ1) is 17.0. The molecule has 0 aromatic rings. The molecule has 1 fully saturated rings. The zero-order chi connectivity index (χ0) is 14.1. The molecule has 19 heavy (non-hydrogen) atoms. The molecule has 0 amide bonds. The first-order valence-corrected chi connectivity index (χ1v) is 8.44. The third-order valence-electron chi connectivity index (χ3n) is 4.81. The molecule has 1 atom stereocenters. The molecule has 0 radical (unpaired) electrons. The largest absolute Gasteiger partial charge is 0.378 e. The minimum atomic E-state index is 0.507. The van der Waals surface area contributed by atoms with Gasteiger partial charge in [0.1, 0.15) is 0 Å². The van der Waals surface area contributed by atoms with Gasteiger partial charge in [-0.05, 0) is 56.4 Å². The van der Waals surface area contributed by atoms with E-state index in [0.29, 0.717) is 11.5 Å². The summed E-state index contributed by atoms with van der Waals surface area (Å²) in [5, 5.41) is 3.67. The number of hydrogen-bond donors (Lipinski definition) is 1. The Morgan fingerprint density at radius 1 is 1.26 bits per heavy atom. The zero-order valence-electron chi connectivity index (χ0n) is 13.6. The monoisotopic (exact) mass is 269 g/mol. The van der Waals surface area contributed by atoms with Crippen LogP contribution in [0.3, 0.4) is 0 Å². The van der Waals surface area contributed by atoms with Crippen LogP contribution in [0.15, 0.2) is 0 Å². The van der Waals surface area contributed by atoms with Crippen molar-refractivity contribution in [3.05, 3.63) is 0 Å². The molecule has 0 aromatic heterocycles. The van der Waals surface area contributed by atoms with Crippen LogP contribution >= 0.6 is 0 Å². The summed E-state index contributed by atoms with van der Waals surface area (Å²) in [7, 11) is 0. The second kappa shape index (κ2) is 8.97. The van der Waals surface area contributed by atoms with Crippen molar-refractivity contribution in [2.75, 3.05) is 19.7 Å². The summed E-state index contributed by atoms with van der Waals surface area (Å²) in [6, 6.07) is 0. The van der Waals surface area contributed by atoms with Gasteiger partial charge < -0.3 is 10.1 Å². The topological polar surface area (TPSA) is 21.3 Å². The molecule has 2 heteroatoms. The van der Waals surface area contributed by atoms with Crippen molar-refractivity contribution < 1.29 is 4.74 Å². The Labute approximate surface area is 120 Å². The van der Waals surface area contributed by atoms with E-state index in [-0.39, 0.29) is 0 Å². The average molecular weight is 269 g/mol. The van der Waals surface area contributed by atoms with Crippen LogP contribution in [0.4, 0.5) is 0 Å². The normalized spacial score (nSPS) is 20.4. The van der Waals surface area contributed by atoms with Gasteiger partial charge in [0.15, 0.2) is 0 Å². The van der Waals surface area contributed by atoms with E-state index >= 15 is 0 Å². The van der Waals surface area contributed by atoms with Crippen molar-refractivity contribution in [3.8, 4) is 0 Å². The predicted molar refractivity (Wildman–Crippen MR) is 83.5 cm³/mol. The van der Waals surface area contributed by atoms with Gasteiger partial charge in [0.05, 0.1) is 6.10 Å². The van der Waals surface area contributed by atoms with Gasteiger partial charge in [-0.2, -0.15) is 0 Å². The summed E-state index contributed by atoms with van der Waals surface area (Å²) in [4.78, 5) is 0. The summed E-state index contributed by atoms with van der Waals surface area (Å²) in [6.07, 6.45) is 9.66. The number of nitrogens with one attached hydrogen (secondary N) is 1. The molecule has 0 saturated carbocycles. The Bertz CT molecular complexity index is 217. The molecule has 2 nitrogen and oxygen atoms in total. The summed E-state index contributed by atoms with van der Waals surface area (Å²) >= 11 is 0. The highest BCUT2D eigenvalue weighted by Crippen LogP contribution is 2.33. The fourth-order valence-electron chi connectivity index (χ4n) is 3.14. The fourth-order valence-corrected chi connectivity index (χ4v) is 3.14. The molecular weight excluding hydrogens is 234 g/mol. The fraction of sp³-hybridized carbons (Fsp3) is 1.00. The highest BCUT2D eigenvalue weighted by molar-refractivity contribution is 4.80. The lowest BCUT2D eigenvalue weighted by atomic mass is 9.77. The minimum absolute atomic E-state index is 0.507. The summed E-state index contributed by atoms with van der Waals surface area (Å²) in [6.45, 7) is 12.6. The molecule has 1 rings (SSSR count). The van der Waals surface area contributed by atoms with E-state index in [0.717, 1.165) is 19.1 Å². The molecule has 0 aromatic carbocycles. The number of hydrogen-bond acceptors (Lipinski definition) is 2. The van der Waals surface area contributed by atoms with Gasteiger partial charge in [-0.15, -0.1) is 0 Å². The minimum Gasteiger partial charge on any atom is -0.378 e. The maximum atomic E-state index is 5.73.